The minimum absolute atomic E-state index is 0.0331. The van der Waals surface area contributed by atoms with E-state index in [0.717, 1.165) is 22.3 Å². The molecule has 4 rings (SSSR count). The molecule has 2 N–H and O–H groups in total. The van der Waals surface area contributed by atoms with Crippen molar-refractivity contribution in [3.63, 3.8) is 0 Å². The van der Waals surface area contributed by atoms with Crippen LogP contribution in [0.15, 0.2) is 48.7 Å². The van der Waals surface area contributed by atoms with Crippen molar-refractivity contribution in [1.82, 2.24) is 15.1 Å². The number of amides is 1. The Morgan fingerprint density at radius 3 is 2.88 bits per heavy atom. The monoisotopic (exact) mass is 322 g/mol. The van der Waals surface area contributed by atoms with E-state index < -0.39 is 0 Å². The van der Waals surface area contributed by atoms with Gasteiger partial charge in [0.25, 0.3) is 5.91 Å². The predicted octanol–water partition coefficient (Wildman–Crippen LogP) is 2.78. The molecule has 0 aliphatic carbocycles. The number of ether oxygens (including phenoxy) is 1. The lowest BCUT2D eigenvalue weighted by molar-refractivity contribution is 0.0303. The highest BCUT2D eigenvalue weighted by Crippen LogP contribution is 2.24. The normalized spacial score (nSPS) is 14.8. The van der Waals surface area contributed by atoms with Gasteiger partial charge in [0.2, 0.25) is 0 Å². The topological polar surface area (TPSA) is 70.2 Å². The number of H-pyrrole nitrogens is 1. The molecule has 2 heterocycles. The SMILES string of the molecule is O=C(c1ccccc1Nc1ccc2[nH]ncc2c1)N1CCOCC1. The van der Waals surface area contributed by atoms with Gasteiger partial charge in [-0.15, -0.1) is 0 Å². The summed E-state index contributed by atoms with van der Waals surface area (Å²) in [6, 6.07) is 13.5. The fraction of sp³-hybridized carbons (Fsp3) is 0.222. The molecule has 1 aliphatic heterocycles. The number of fused-ring (bicyclic) bond motifs is 1. The fourth-order valence-corrected chi connectivity index (χ4v) is 2.89. The van der Waals surface area contributed by atoms with Gasteiger partial charge in [-0.25, -0.2) is 0 Å². The van der Waals surface area contributed by atoms with Crippen LogP contribution in [0.5, 0.6) is 0 Å². The molecule has 1 aliphatic rings. The van der Waals surface area contributed by atoms with E-state index in [4.69, 9.17) is 4.74 Å². The van der Waals surface area contributed by atoms with Gasteiger partial charge in [-0.05, 0) is 30.3 Å². The number of benzene rings is 2. The number of anilines is 2. The summed E-state index contributed by atoms with van der Waals surface area (Å²) in [5.41, 5.74) is 3.38. The van der Waals surface area contributed by atoms with Gasteiger partial charge in [0, 0.05) is 24.2 Å². The van der Waals surface area contributed by atoms with Crippen LogP contribution in [0.1, 0.15) is 10.4 Å². The van der Waals surface area contributed by atoms with Gasteiger partial charge < -0.3 is 15.0 Å². The maximum Gasteiger partial charge on any atom is 0.256 e. The Labute approximate surface area is 139 Å². The number of hydrogen-bond acceptors (Lipinski definition) is 4. The highest BCUT2D eigenvalue weighted by molar-refractivity contribution is 6.00. The molecule has 1 saturated heterocycles. The lowest BCUT2D eigenvalue weighted by atomic mass is 10.1. The lowest BCUT2D eigenvalue weighted by Crippen LogP contribution is -2.40. The van der Waals surface area contributed by atoms with Crippen molar-refractivity contribution in [2.45, 2.75) is 0 Å². The lowest BCUT2D eigenvalue weighted by Gasteiger charge is -2.27. The predicted molar refractivity (Wildman–Crippen MR) is 92.5 cm³/mol. The van der Waals surface area contributed by atoms with Crippen molar-refractivity contribution >= 4 is 28.2 Å². The van der Waals surface area contributed by atoms with Crippen LogP contribution < -0.4 is 5.32 Å². The average Bonchev–Trinajstić information content (AvgIpc) is 3.10. The molecule has 6 heteroatoms. The van der Waals surface area contributed by atoms with E-state index >= 15 is 0 Å². The summed E-state index contributed by atoms with van der Waals surface area (Å²) >= 11 is 0. The molecule has 6 nitrogen and oxygen atoms in total. The van der Waals surface area contributed by atoms with E-state index in [9.17, 15) is 4.79 Å². The van der Waals surface area contributed by atoms with E-state index in [2.05, 4.69) is 15.5 Å². The molecule has 0 spiro atoms. The molecule has 1 fully saturated rings. The quantitative estimate of drug-likeness (QED) is 0.778. The van der Waals surface area contributed by atoms with E-state index in [0.29, 0.717) is 31.9 Å². The molecule has 0 bridgehead atoms. The maximum absolute atomic E-state index is 12.8. The Kier molecular flexibility index (Phi) is 3.88. The van der Waals surface area contributed by atoms with Crippen molar-refractivity contribution in [3.05, 3.63) is 54.2 Å². The second kappa shape index (κ2) is 6.33. The van der Waals surface area contributed by atoms with Crippen molar-refractivity contribution < 1.29 is 9.53 Å². The molecule has 0 radical (unpaired) electrons. The van der Waals surface area contributed by atoms with Gasteiger partial charge >= 0.3 is 0 Å². The first-order valence-electron chi connectivity index (χ1n) is 7.97. The zero-order valence-corrected chi connectivity index (χ0v) is 13.2. The summed E-state index contributed by atoms with van der Waals surface area (Å²) in [5, 5.41) is 11.3. The highest BCUT2D eigenvalue weighted by Gasteiger charge is 2.20. The van der Waals surface area contributed by atoms with E-state index in [1.165, 1.54) is 0 Å². The minimum Gasteiger partial charge on any atom is -0.378 e. The summed E-state index contributed by atoms with van der Waals surface area (Å²) in [5.74, 6) is 0.0331. The molecular formula is C18H18N4O2. The first kappa shape index (κ1) is 14.7. The molecule has 2 aromatic carbocycles. The third-order valence-electron chi connectivity index (χ3n) is 4.17. The summed E-state index contributed by atoms with van der Waals surface area (Å²) < 4.78 is 5.33. The standard InChI is InChI=1S/C18H18N4O2/c23-18(22-7-9-24-10-8-22)15-3-1-2-4-17(15)20-14-5-6-16-13(11-14)12-19-21-16/h1-6,11-12,20H,7-10H2,(H,19,21). The second-order valence-electron chi connectivity index (χ2n) is 5.75. The van der Waals surface area contributed by atoms with E-state index in [-0.39, 0.29) is 5.91 Å². The van der Waals surface area contributed by atoms with Gasteiger partial charge in [0.15, 0.2) is 0 Å². The molecule has 24 heavy (non-hydrogen) atoms. The third-order valence-corrected chi connectivity index (χ3v) is 4.17. The van der Waals surface area contributed by atoms with Gasteiger partial charge in [-0.2, -0.15) is 5.10 Å². The number of carbonyl (C=O) groups excluding carboxylic acids is 1. The summed E-state index contributed by atoms with van der Waals surface area (Å²) in [7, 11) is 0. The maximum atomic E-state index is 12.8. The number of aromatic amines is 1. The van der Waals surface area contributed by atoms with Gasteiger partial charge in [0.1, 0.15) is 0 Å². The molecule has 122 valence electrons. The largest absolute Gasteiger partial charge is 0.378 e. The minimum atomic E-state index is 0.0331. The highest BCUT2D eigenvalue weighted by atomic mass is 16.5. The van der Waals surface area contributed by atoms with Crippen LogP contribution >= 0.6 is 0 Å². The first-order chi connectivity index (χ1) is 11.8. The molecule has 0 saturated carbocycles. The number of rotatable bonds is 3. The van der Waals surface area contributed by atoms with Gasteiger partial charge in [-0.1, -0.05) is 12.1 Å². The van der Waals surface area contributed by atoms with Crippen LogP contribution in [0.3, 0.4) is 0 Å². The number of aromatic nitrogens is 2. The van der Waals surface area contributed by atoms with Crippen molar-refractivity contribution in [2.24, 2.45) is 0 Å². The van der Waals surface area contributed by atoms with Crippen molar-refractivity contribution in [2.75, 3.05) is 31.6 Å². The Hall–Kier alpha value is -2.86. The Balaban J connectivity index is 1.62. The summed E-state index contributed by atoms with van der Waals surface area (Å²) in [6.45, 7) is 2.46. The molecule has 1 aromatic heterocycles. The van der Waals surface area contributed by atoms with E-state index in [1.54, 1.807) is 6.20 Å². The third kappa shape index (κ3) is 2.83. The van der Waals surface area contributed by atoms with Gasteiger partial charge in [-0.3, -0.25) is 9.89 Å². The fourth-order valence-electron chi connectivity index (χ4n) is 2.89. The van der Waals surface area contributed by atoms with Crippen molar-refractivity contribution in [3.8, 4) is 0 Å². The second-order valence-corrected chi connectivity index (χ2v) is 5.75. The summed E-state index contributed by atoms with van der Waals surface area (Å²) in [4.78, 5) is 14.6. The molecule has 3 aromatic rings. The number of para-hydroxylation sites is 1. The number of hydrogen-bond donors (Lipinski definition) is 2. The average molecular weight is 322 g/mol. The van der Waals surface area contributed by atoms with Crippen LogP contribution in [-0.2, 0) is 4.74 Å². The Morgan fingerprint density at radius 1 is 1.17 bits per heavy atom. The zero-order valence-electron chi connectivity index (χ0n) is 13.2. The number of morpholine rings is 1. The van der Waals surface area contributed by atoms with E-state index in [1.807, 2.05) is 47.4 Å². The van der Waals surface area contributed by atoms with Gasteiger partial charge in [0.05, 0.1) is 36.2 Å². The number of nitrogens with zero attached hydrogens (tertiary/aromatic N) is 2. The first-order valence-corrected chi connectivity index (χ1v) is 7.97. The number of carbonyl (C=O) groups is 1. The van der Waals surface area contributed by atoms with Crippen LogP contribution in [0, 0.1) is 0 Å². The summed E-state index contributed by atoms with van der Waals surface area (Å²) in [6.07, 6.45) is 1.78. The Bertz CT molecular complexity index is 868. The number of nitrogens with one attached hydrogen (secondary N) is 2. The molecule has 0 unspecified atom stereocenters. The smallest absolute Gasteiger partial charge is 0.256 e. The van der Waals surface area contributed by atoms with Crippen LogP contribution in [0.2, 0.25) is 0 Å². The molecule has 0 atom stereocenters. The zero-order chi connectivity index (χ0) is 16.4. The molecule has 1 amide bonds. The van der Waals surface area contributed by atoms with Crippen LogP contribution in [0.25, 0.3) is 10.9 Å². The Morgan fingerprint density at radius 2 is 2.00 bits per heavy atom. The van der Waals surface area contributed by atoms with Crippen LogP contribution in [0.4, 0.5) is 11.4 Å². The van der Waals surface area contributed by atoms with Crippen molar-refractivity contribution in [1.29, 1.82) is 0 Å². The molecular weight excluding hydrogens is 304 g/mol. The van der Waals surface area contributed by atoms with Crippen LogP contribution in [-0.4, -0.2) is 47.3 Å².